The lowest BCUT2D eigenvalue weighted by molar-refractivity contribution is 0.444. The Labute approximate surface area is 186 Å². The van der Waals surface area contributed by atoms with Crippen LogP contribution in [-0.2, 0) is 10.6 Å². The van der Waals surface area contributed by atoms with Crippen molar-refractivity contribution in [3.05, 3.63) is 58.1 Å². The number of hydrogen-bond donors (Lipinski definition) is 1. The SMILES string of the molecule is CCCCCC(C)(Pc1ccc(C)cc1/C=N/C)c1cc(C(C)(C)C)cc(C)c1O. The normalized spacial score (nSPS) is 14.7. The summed E-state index contributed by atoms with van der Waals surface area (Å²) in [7, 11) is 2.39. The van der Waals surface area contributed by atoms with Crippen LogP contribution in [0.1, 0.15) is 88.1 Å². The van der Waals surface area contributed by atoms with Crippen LogP contribution in [0.15, 0.2) is 35.3 Å². The molecule has 2 aromatic rings. The van der Waals surface area contributed by atoms with Gasteiger partial charge in [-0.3, -0.25) is 4.99 Å². The number of hydrogen-bond acceptors (Lipinski definition) is 2. The smallest absolute Gasteiger partial charge is 0.122 e. The Balaban J connectivity index is 2.62. The van der Waals surface area contributed by atoms with Crippen molar-refractivity contribution in [3.63, 3.8) is 0 Å². The van der Waals surface area contributed by atoms with Gasteiger partial charge in [0.05, 0.1) is 0 Å². The molecular formula is C27H40NOP. The molecule has 2 aromatic carbocycles. The minimum atomic E-state index is -0.114. The number of aliphatic imine (C=N–C) groups is 1. The molecule has 3 heteroatoms. The summed E-state index contributed by atoms with van der Waals surface area (Å²) in [6.45, 7) is 15.5. The van der Waals surface area contributed by atoms with Crippen molar-refractivity contribution in [2.75, 3.05) is 7.05 Å². The van der Waals surface area contributed by atoms with Crippen molar-refractivity contribution in [2.45, 2.75) is 84.7 Å². The molecule has 30 heavy (non-hydrogen) atoms. The quantitative estimate of drug-likeness (QED) is 0.272. The second-order valence-electron chi connectivity index (χ2n) is 9.83. The van der Waals surface area contributed by atoms with Crippen LogP contribution in [0.2, 0.25) is 0 Å². The fourth-order valence-electron chi connectivity index (χ4n) is 3.97. The summed E-state index contributed by atoms with van der Waals surface area (Å²) < 4.78 is 0. The number of unbranched alkanes of at least 4 members (excludes halogenated alkanes) is 2. The fourth-order valence-corrected chi connectivity index (χ4v) is 5.63. The van der Waals surface area contributed by atoms with Crippen LogP contribution in [-0.4, -0.2) is 18.4 Å². The van der Waals surface area contributed by atoms with Crippen LogP contribution in [0.5, 0.6) is 5.75 Å². The molecule has 2 atom stereocenters. The minimum Gasteiger partial charge on any atom is -0.507 e. The van der Waals surface area contributed by atoms with Gasteiger partial charge in [0.15, 0.2) is 0 Å². The average molecular weight is 426 g/mol. The Morgan fingerprint density at radius 2 is 1.73 bits per heavy atom. The van der Waals surface area contributed by atoms with E-state index in [1.165, 1.54) is 41.3 Å². The van der Waals surface area contributed by atoms with Crippen LogP contribution < -0.4 is 5.30 Å². The summed E-state index contributed by atoms with van der Waals surface area (Å²) >= 11 is 0. The van der Waals surface area contributed by atoms with E-state index in [1.807, 2.05) is 20.2 Å². The van der Waals surface area contributed by atoms with Crippen molar-refractivity contribution in [3.8, 4) is 5.75 Å². The zero-order valence-corrected chi connectivity index (χ0v) is 21.2. The maximum atomic E-state index is 11.2. The first-order valence-corrected chi connectivity index (χ1v) is 12.2. The largest absolute Gasteiger partial charge is 0.507 e. The zero-order valence-electron chi connectivity index (χ0n) is 20.2. The van der Waals surface area contributed by atoms with Crippen LogP contribution >= 0.6 is 8.58 Å². The van der Waals surface area contributed by atoms with E-state index >= 15 is 0 Å². The second-order valence-corrected chi connectivity index (χ2v) is 11.7. The molecule has 2 rings (SSSR count). The van der Waals surface area contributed by atoms with Crippen molar-refractivity contribution in [2.24, 2.45) is 4.99 Å². The summed E-state index contributed by atoms with van der Waals surface area (Å²) in [5, 5.41) is 12.4. The lowest BCUT2D eigenvalue weighted by Crippen LogP contribution is -2.23. The highest BCUT2D eigenvalue weighted by Crippen LogP contribution is 2.50. The van der Waals surface area contributed by atoms with Crippen molar-refractivity contribution >= 4 is 20.1 Å². The first-order valence-electron chi connectivity index (χ1n) is 11.2. The van der Waals surface area contributed by atoms with Gasteiger partial charge in [-0.05, 0) is 53.7 Å². The Bertz CT molecular complexity index is 894. The first-order chi connectivity index (χ1) is 14.0. The highest BCUT2D eigenvalue weighted by Gasteiger charge is 2.32. The lowest BCUT2D eigenvalue weighted by atomic mass is 9.82. The van der Waals surface area contributed by atoms with E-state index in [4.69, 9.17) is 0 Å². The van der Waals surface area contributed by atoms with Gasteiger partial charge in [-0.1, -0.05) is 92.3 Å². The number of phenolic OH excluding ortho intramolecular Hbond substituents is 1. The van der Waals surface area contributed by atoms with E-state index < -0.39 is 0 Å². The standard InChI is InChI=1S/C27H40NOP/c1-9-10-11-14-27(7,30-24-13-12-19(2)15-21(24)18-28-8)23-17-22(26(4,5)6)16-20(3)25(23)29/h12-13,15-18,29-30H,9-11,14H2,1-8H3/b28-18+. The van der Waals surface area contributed by atoms with E-state index in [1.54, 1.807) is 0 Å². The highest BCUT2D eigenvalue weighted by molar-refractivity contribution is 7.48. The van der Waals surface area contributed by atoms with Crippen molar-refractivity contribution in [1.29, 1.82) is 0 Å². The molecule has 0 aliphatic heterocycles. The van der Waals surface area contributed by atoms with Gasteiger partial charge in [0.2, 0.25) is 0 Å². The number of aromatic hydroxyl groups is 1. The zero-order chi connectivity index (χ0) is 22.5. The number of rotatable bonds is 8. The topological polar surface area (TPSA) is 32.6 Å². The number of aryl methyl sites for hydroxylation is 2. The fraction of sp³-hybridized carbons (Fsp3) is 0.519. The van der Waals surface area contributed by atoms with E-state index in [0.717, 1.165) is 17.5 Å². The third kappa shape index (κ3) is 5.94. The van der Waals surface area contributed by atoms with Crippen molar-refractivity contribution < 1.29 is 5.11 Å². The second kappa shape index (κ2) is 10.1. The Hall–Kier alpha value is -1.66. The molecule has 0 aliphatic rings. The molecule has 0 fully saturated rings. The van der Waals surface area contributed by atoms with Gasteiger partial charge >= 0.3 is 0 Å². The van der Waals surface area contributed by atoms with E-state index in [2.05, 4.69) is 76.9 Å². The third-order valence-electron chi connectivity index (χ3n) is 5.93. The lowest BCUT2D eigenvalue weighted by Gasteiger charge is -2.34. The Morgan fingerprint density at radius 3 is 2.33 bits per heavy atom. The van der Waals surface area contributed by atoms with Gasteiger partial charge < -0.3 is 5.11 Å². The predicted molar refractivity (Wildman–Crippen MR) is 136 cm³/mol. The molecule has 164 valence electrons. The molecule has 2 nitrogen and oxygen atoms in total. The van der Waals surface area contributed by atoms with Gasteiger partial charge in [0, 0.05) is 24.0 Å². The number of benzene rings is 2. The molecule has 0 aromatic heterocycles. The van der Waals surface area contributed by atoms with E-state index in [0.29, 0.717) is 14.3 Å². The Morgan fingerprint density at radius 1 is 1.03 bits per heavy atom. The van der Waals surface area contributed by atoms with Crippen LogP contribution in [0.4, 0.5) is 0 Å². The predicted octanol–water partition coefficient (Wildman–Crippen LogP) is 7.15. The monoisotopic (exact) mass is 425 g/mol. The molecular weight excluding hydrogens is 385 g/mol. The highest BCUT2D eigenvalue weighted by atomic mass is 31.1. The molecule has 0 saturated carbocycles. The van der Waals surface area contributed by atoms with Gasteiger partial charge in [0.1, 0.15) is 5.75 Å². The summed E-state index contributed by atoms with van der Waals surface area (Å²) in [5.41, 5.74) is 5.86. The molecule has 0 radical (unpaired) electrons. The van der Waals surface area contributed by atoms with Gasteiger partial charge in [-0.15, -0.1) is 0 Å². The minimum absolute atomic E-state index is 0.0462. The summed E-state index contributed by atoms with van der Waals surface area (Å²) in [6.07, 6.45) is 6.62. The van der Waals surface area contributed by atoms with Gasteiger partial charge in [-0.25, -0.2) is 0 Å². The molecule has 1 N–H and O–H groups in total. The van der Waals surface area contributed by atoms with Crippen LogP contribution in [0.3, 0.4) is 0 Å². The molecule has 0 saturated heterocycles. The van der Waals surface area contributed by atoms with E-state index in [-0.39, 0.29) is 10.6 Å². The first kappa shape index (κ1) is 24.6. The average Bonchev–Trinajstić information content (AvgIpc) is 2.65. The van der Waals surface area contributed by atoms with Crippen LogP contribution in [0.25, 0.3) is 0 Å². The number of nitrogens with zero attached hydrogens (tertiary/aromatic N) is 1. The Kier molecular flexibility index (Phi) is 8.28. The maximum absolute atomic E-state index is 11.2. The molecule has 0 aliphatic carbocycles. The van der Waals surface area contributed by atoms with Gasteiger partial charge in [0.25, 0.3) is 0 Å². The van der Waals surface area contributed by atoms with Crippen LogP contribution in [0, 0.1) is 13.8 Å². The maximum Gasteiger partial charge on any atom is 0.122 e. The third-order valence-corrected chi connectivity index (χ3v) is 7.72. The molecule has 2 unspecified atom stereocenters. The summed E-state index contributed by atoms with van der Waals surface area (Å²) in [6, 6.07) is 11.1. The molecule has 0 amide bonds. The summed E-state index contributed by atoms with van der Waals surface area (Å²) in [5.74, 6) is 0.465. The summed E-state index contributed by atoms with van der Waals surface area (Å²) in [4.78, 5) is 4.29. The number of phenols is 1. The molecule has 0 spiro atoms. The van der Waals surface area contributed by atoms with Gasteiger partial charge in [-0.2, -0.15) is 0 Å². The van der Waals surface area contributed by atoms with Crippen molar-refractivity contribution in [1.82, 2.24) is 0 Å². The molecule has 0 heterocycles. The van der Waals surface area contributed by atoms with E-state index in [9.17, 15) is 5.11 Å². The molecule has 0 bridgehead atoms.